The van der Waals surface area contributed by atoms with Crippen molar-refractivity contribution in [3.63, 3.8) is 0 Å². The van der Waals surface area contributed by atoms with Gasteiger partial charge in [0.15, 0.2) is 0 Å². The van der Waals surface area contributed by atoms with Crippen molar-refractivity contribution in [3.05, 3.63) is 53.2 Å². The third-order valence-corrected chi connectivity index (χ3v) is 5.43. The number of benzene rings is 1. The van der Waals surface area contributed by atoms with Crippen LogP contribution in [-0.2, 0) is 6.42 Å². The summed E-state index contributed by atoms with van der Waals surface area (Å²) in [7, 11) is 0. The Morgan fingerprint density at radius 3 is 2.97 bits per heavy atom. The van der Waals surface area contributed by atoms with Gasteiger partial charge in [0, 0.05) is 55.9 Å². The van der Waals surface area contributed by atoms with Crippen LogP contribution in [0, 0.1) is 0 Å². The van der Waals surface area contributed by atoms with Gasteiger partial charge < -0.3 is 31.6 Å². The number of hydrogen-bond donors (Lipinski definition) is 5. The molecule has 0 bridgehead atoms. The van der Waals surface area contributed by atoms with Gasteiger partial charge in [-0.25, -0.2) is 14.8 Å². The van der Waals surface area contributed by atoms with Gasteiger partial charge in [-0.1, -0.05) is 6.07 Å². The molecule has 2 amide bonds. The number of H-pyrrole nitrogens is 1. The topological polar surface area (TPSA) is 137 Å². The molecule has 2 aromatic heterocycles. The van der Waals surface area contributed by atoms with Gasteiger partial charge in [-0.2, -0.15) is 4.98 Å². The number of carbonyl (C=O) groups is 1. The van der Waals surface area contributed by atoms with E-state index in [1.807, 2.05) is 30.5 Å². The number of hydrogen-bond acceptors (Lipinski definition) is 7. The molecule has 3 aromatic rings. The van der Waals surface area contributed by atoms with Crippen LogP contribution in [0.5, 0.6) is 0 Å². The Morgan fingerprint density at radius 2 is 2.19 bits per heavy atom. The van der Waals surface area contributed by atoms with Crippen molar-refractivity contribution in [3.8, 4) is 0 Å². The number of rotatable bonds is 7. The fourth-order valence-electron chi connectivity index (χ4n) is 3.27. The number of halogens is 1. The molecule has 162 valence electrons. The minimum atomic E-state index is -0.145. The standard InChI is InChI=1S/C20H24BrN9O/c21-17-10-25-19(29-18(17)24-6-4-16-9-23-12-26-16)27-14-2-1-3-15(8-14)28-20(31)30-7-5-13(22)11-30/h1-3,8-10,12-13H,4-7,11,22H2,(H,23,26)(H,28,31)(H2,24,25,27,29). The molecule has 0 aliphatic carbocycles. The van der Waals surface area contributed by atoms with Crippen LogP contribution in [0.4, 0.5) is 27.9 Å². The molecule has 0 radical (unpaired) electrons. The fourth-order valence-corrected chi connectivity index (χ4v) is 3.60. The van der Waals surface area contributed by atoms with Gasteiger partial charge in [0.05, 0.1) is 16.5 Å². The molecule has 1 unspecified atom stereocenters. The van der Waals surface area contributed by atoms with Crippen LogP contribution in [0.3, 0.4) is 0 Å². The number of carbonyl (C=O) groups excluding carboxylic acids is 1. The summed E-state index contributed by atoms with van der Waals surface area (Å²) in [5.41, 5.74) is 8.31. The molecule has 6 N–H and O–H groups in total. The Bertz CT molecular complexity index is 1030. The maximum atomic E-state index is 12.4. The summed E-state index contributed by atoms with van der Waals surface area (Å²) in [5, 5.41) is 9.38. The number of imidazole rings is 1. The molecule has 1 fully saturated rings. The van der Waals surface area contributed by atoms with Crippen molar-refractivity contribution in [1.82, 2.24) is 24.8 Å². The highest BCUT2D eigenvalue weighted by Gasteiger charge is 2.23. The number of urea groups is 1. The lowest BCUT2D eigenvalue weighted by atomic mass is 10.3. The summed E-state index contributed by atoms with van der Waals surface area (Å²) in [5.74, 6) is 1.13. The molecule has 1 atom stereocenters. The number of nitrogens with zero attached hydrogens (tertiary/aromatic N) is 4. The molecule has 1 saturated heterocycles. The van der Waals surface area contributed by atoms with Gasteiger partial charge in [0.25, 0.3) is 0 Å². The molecule has 10 nitrogen and oxygen atoms in total. The zero-order valence-corrected chi connectivity index (χ0v) is 18.4. The van der Waals surface area contributed by atoms with E-state index in [-0.39, 0.29) is 12.1 Å². The zero-order valence-electron chi connectivity index (χ0n) is 16.8. The molecule has 3 heterocycles. The van der Waals surface area contributed by atoms with Crippen LogP contribution in [0.25, 0.3) is 0 Å². The summed E-state index contributed by atoms with van der Waals surface area (Å²) in [4.78, 5) is 30.1. The van der Waals surface area contributed by atoms with Crippen molar-refractivity contribution in [1.29, 1.82) is 0 Å². The van der Waals surface area contributed by atoms with E-state index < -0.39 is 0 Å². The number of amides is 2. The summed E-state index contributed by atoms with van der Waals surface area (Å²) in [6, 6.07) is 7.32. The zero-order chi connectivity index (χ0) is 21.6. The molecule has 4 rings (SSSR count). The van der Waals surface area contributed by atoms with E-state index in [0.29, 0.717) is 37.1 Å². The van der Waals surface area contributed by atoms with Crippen LogP contribution in [0.15, 0.2) is 47.5 Å². The monoisotopic (exact) mass is 485 g/mol. The lowest BCUT2D eigenvalue weighted by molar-refractivity contribution is 0.222. The molecular weight excluding hydrogens is 462 g/mol. The molecule has 1 aliphatic rings. The van der Waals surface area contributed by atoms with Crippen LogP contribution in [0.2, 0.25) is 0 Å². The Balaban J connectivity index is 1.37. The number of likely N-dealkylation sites (tertiary alicyclic amines) is 1. The first-order valence-electron chi connectivity index (χ1n) is 9.99. The third-order valence-electron chi connectivity index (χ3n) is 4.85. The highest BCUT2D eigenvalue weighted by molar-refractivity contribution is 9.10. The van der Waals surface area contributed by atoms with Gasteiger partial charge in [-0.15, -0.1) is 0 Å². The Morgan fingerprint density at radius 1 is 1.32 bits per heavy atom. The second-order valence-electron chi connectivity index (χ2n) is 7.26. The Labute approximate surface area is 188 Å². The second-order valence-corrected chi connectivity index (χ2v) is 8.11. The first-order valence-corrected chi connectivity index (χ1v) is 10.8. The van der Waals surface area contributed by atoms with Crippen molar-refractivity contribution in [2.45, 2.75) is 18.9 Å². The largest absolute Gasteiger partial charge is 0.369 e. The SMILES string of the molecule is NC1CCN(C(=O)Nc2cccc(Nc3ncc(Br)c(NCCc4c[nH]cn4)n3)c2)C1. The van der Waals surface area contributed by atoms with Gasteiger partial charge >= 0.3 is 6.03 Å². The van der Waals surface area contributed by atoms with Crippen molar-refractivity contribution in [2.24, 2.45) is 5.73 Å². The fraction of sp³-hybridized carbons (Fsp3) is 0.300. The number of aromatic amines is 1. The smallest absolute Gasteiger partial charge is 0.321 e. The Hall–Kier alpha value is -3.18. The minimum Gasteiger partial charge on any atom is -0.369 e. The number of anilines is 4. The summed E-state index contributed by atoms with van der Waals surface area (Å²) >= 11 is 3.47. The molecule has 0 saturated carbocycles. The van der Waals surface area contributed by atoms with E-state index in [4.69, 9.17) is 5.73 Å². The number of aromatic nitrogens is 4. The van der Waals surface area contributed by atoms with E-state index in [2.05, 4.69) is 51.8 Å². The predicted molar refractivity (Wildman–Crippen MR) is 123 cm³/mol. The highest BCUT2D eigenvalue weighted by atomic mass is 79.9. The molecule has 1 aliphatic heterocycles. The molecular formula is C20H24BrN9O. The molecule has 11 heteroatoms. The van der Waals surface area contributed by atoms with E-state index in [1.165, 1.54) is 0 Å². The average molecular weight is 486 g/mol. The van der Waals surface area contributed by atoms with Crippen LogP contribution < -0.4 is 21.7 Å². The van der Waals surface area contributed by atoms with Gasteiger partial charge in [-0.05, 0) is 40.5 Å². The Kier molecular flexibility index (Phi) is 6.63. The van der Waals surface area contributed by atoms with Crippen LogP contribution in [0.1, 0.15) is 12.1 Å². The first-order chi connectivity index (χ1) is 15.1. The highest BCUT2D eigenvalue weighted by Crippen LogP contribution is 2.23. The van der Waals surface area contributed by atoms with E-state index in [1.54, 1.807) is 17.4 Å². The van der Waals surface area contributed by atoms with Gasteiger partial charge in [-0.3, -0.25) is 0 Å². The number of nitrogens with one attached hydrogen (secondary N) is 4. The van der Waals surface area contributed by atoms with Crippen LogP contribution in [-0.4, -0.2) is 56.5 Å². The van der Waals surface area contributed by atoms with E-state index >= 15 is 0 Å². The lowest BCUT2D eigenvalue weighted by Gasteiger charge is -2.17. The minimum absolute atomic E-state index is 0.0513. The summed E-state index contributed by atoms with van der Waals surface area (Å²) < 4.78 is 0.768. The van der Waals surface area contributed by atoms with Crippen molar-refractivity contribution >= 4 is 45.1 Å². The van der Waals surface area contributed by atoms with E-state index in [9.17, 15) is 4.79 Å². The predicted octanol–water partition coefficient (Wildman–Crippen LogP) is 2.93. The first kappa shape index (κ1) is 21.1. The molecule has 31 heavy (non-hydrogen) atoms. The van der Waals surface area contributed by atoms with E-state index in [0.717, 1.165) is 28.7 Å². The summed E-state index contributed by atoms with van der Waals surface area (Å²) in [6.07, 6.45) is 6.82. The maximum absolute atomic E-state index is 12.4. The second kappa shape index (κ2) is 9.75. The van der Waals surface area contributed by atoms with Crippen LogP contribution >= 0.6 is 15.9 Å². The third kappa shape index (κ3) is 5.70. The van der Waals surface area contributed by atoms with Crippen molar-refractivity contribution < 1.29 is 4.79 Å². The maximum Gasteiger partial charge on any atom is 0.321 e. The van der Waals surface area contributed by atoms with Gasteiger partial charge in [0.1, 0.15) is 5.82 Å². The summed E-state index contributed by atoms with van der Waals surface area (Å²) in [6.45, 7) is 1.93. The molecule has 0 spiro atoms. The quantitative estimate of drug-likeness (QED) is 0.346. The number of nitrogens with two attached hydrogens (primary N) is 1. The van der Waals surface area contributed by atoms with Gasteiger partial charge in [0.2, 0.25) is 5.95 Å². The average Bonchev–Trinajstić information content (AvgIpc) is 3.42. The lowest BCUT2D eigenvalue weighted by Crippen LogP contribution is -2.35. The molecule has 1 aromatic carbocycles. The van der Waals surface area contributed by atoms with Crippen molar-refractivity contribution in [2.75, 3.05) is 35.6 Å². The normalized spacial score (nSPS) is 15.7.